The zero-order chi connectivity index (χ0) is 42.9. The fourth-order valence-electron chi connectivity index (χ4n) is 8.96. The van der Waals surface area contributed by atoms with Gasteiger partial charge in [-0.25, -0.2) is 0 Å². The number of carbonyl (C=O) groups excluding carboxylic acids is 2. The maximum Gasteiger partial charge on any atom is 0.305 e. The van der Waals surface area contributed by atoms with E-state index in [0.717, 1.165) is 115 Å². The first kappa shape index (κ1) is 55.8. The molecule has 0 saturated carbocycles. The van der Waals surface area contributed by atoms with Crippen LogP contribution in [0.1, 0.15) is 259 Å². The van der Waals surface area contributed by atoms with Gasteiger partial charge in [-0.1, -0.05) is 169 Å². The molecule has 1 N–H and O–H groups in total. The molecule has 0 spiro atoms. The van der Waals surface area contributed by atoms with Crippen LogP contribution in [-0.4, -0.2) is 73.6 Å². The topological polar surface area (TPSA) is 88.6 Å². The lowest BCUT2D eigenvalue weighted by Gasteiger charge is -2.26. The molecule has 1 aliphatic rings. The van der Waals surface area contributed by atoms with Gasteiger partial charge in [0.25, 0.3) is 0 Å². The van der Waals surface area contributed by atoms with Crippen molar-refractivity contribution in [2.45, 2.75) is 264 Å². The van der Waals surface area contributed by atoms with E-state index >= 15 is 0 Å². The van der Waals surface area contributed by atoms with Crippen molar-refractivity contribution in [2.75, 3.05) is 46.1 Å². The molecule has 0 aliphatic carbocycles. The van der Waals surface area contributed by atoms with Crippen molar-refractivity contribution in [3.63, 3.8) is 0 Å². The van der Waals surface area contributed by atoms with E-state index in [4.69, 9.17) is 14.2 Å². The third-order valence-corrected chi connectivity index (χ3v) is 13.0. The van der Waals surface area contributed by atoms with Gasteiger partial charge >= 0.3 is 11.9 Å². The molecule has 1 saturated heterocycles. The predicted molar refractivity (Wildman–Crippen MR) is 250 cm³/mol. The van der Waals surface area contributed by atoms with Crippen molar-refractivity contribution < 1.29 is 28.9 Å². The largest absolute Gasteiger partial charge is 0.466 e. The Morgan fingerprint density at radius 1 is 0.508 bits per heavy atom. The molecule has 1 fully saturated rings. The molecule has 0 bridgehead atoms. The number of aliphatic hydroxyl groups excluding tert-OH is 1. The summed E-state index contributed by atoms with van der Waals surface area (Å²) in [5.74, 6) is 1.51. The maximum absolute atomic E-state index is 12.6. The van der Waals surface area contributed by atoms with Gasteiger partial charge in [-0.2, -0.15) is 0 Å². The van der Waals surface area contributed by atoms with Gasteiger partial charge < -0.3 is 24.2 Å². The molecule has 0 amide bonds. The SMILES string of the molecule is CCCCCCCC(CCCCC)CCCOC(=O)CCCCCCN(CCCCCO)CC1(CCCCC(=O)OCCCC(CCCCC)CCCCCCC)CO1. The molecule has 3 unspecified atom stereocenters. The van der Waals surface area contributed by atoms with Crippen LogP contribution in [0.4, 0.5) is 0 Å². The Kier molecular flexibility index (Phi) is 38.7. The van der Waals surface area contributed by atoms with Crippen LogP contribution in [0.3, 0.4) is 0 Å². The highest BCUT2D eigenvalue weighted by atomic mass is 16.6. The quantitative estimate of drug-likeness (QED) is 0.0371. The molecular weight excluding hydrogens is 735 g/mol. The summed E-state index contributed by atoms with van der Waals surface area (Å²) in [6, 6.07) is 0. The first-order valence-electron chi connectivity index (χ1n) is 26.2. The Hall–Kier alpha value is -1.18. The number of hydrogen-bond acceptors (Lipinski definition) is 7. The van der Waals surface area contributed by atoms with E-state index in [-0.39, 0.29) is 24.1 Å². The average molecular weight is 836 g/mol. The molecule has 350 valence electrons. The molecule has 0 aromatic carbocycles. The summed E-state index contributed by atoms with van der Waals surface area (Å²) in [7, 11) is 0. The molecule has 1 rings (SSSR count). The van der Waals surface area contributed by atoms with Crippen LogP contribution in [0.25, 0.3) is 0 Å². The lowest BCUT2D eigenvalue weighted by Crippen LogP contribution is -2.36. The number of aliphatic hydroxyl groups is 1. The van der Waals surface area contributed by atoms with E-state index in [1.807, 2.05) is 0 Å². The van der Waals surface area contributed by atoms with Gasteiger partial charge in [-0.15, -0.1) is 0 Å². The molecule has 0 aromatic heterocycles. The van der Waals surface area contributed by atoms with Crippen LogP contribution < -0.4 is 0 Å². The molecule has 1 heterocycles. The minimum atomic E-state index is -0.0713. The van der Waals surface area contributed by atoms with Crippen molar-refractivity contribution in [2.24, 2.45) is 11.8 Å². The third kappa shape index (κ3) is 35.0. The number of nitrogens with zero attached hydrogens (tertiary/aromatic N) is 1. The highest BCUT2D eigenvalue weighted by molar-refractivity contribution is 5.69. The molecule has 0 aromatic rings. The third-order valence-electron chi connectivity index (χ3n) is 13.0. The lowest BCUT2D eigenvalue weighted by atomic mass is 9.91. The summed E-state index contributed by atoms with van der Waals surface area (Å²) < 4.78 is 17.4. The molecule has 1 aliphatic heterocycles. The maximum atomic E-state index is 12.6. The highest BCUT2D eigenvalue weighted by Gasteiger charge is 2.45. The molecule has 7 heteroatoms. The monoisotopic (exact) mass is 836 g/mol. The Balaban J connectivity index is 2.29. The molecule has 7 nitrogen and oxygen atoms in total. The second kappa shape index (κ2) is 40.9. The second-order valence-corrected chi connectivity index (χ2v) is 18.8. The van der Waals surface area contributed by atoms with Crippen LogP contribution in [0, 0.1) is 11.8 Å². The van der Waals surface area contributed by atoms with E-state index in [0.29, 0.717) is 26.1 Å². The first-order chi connectivity index (χ1) is 28.9. The van der Waals surface area contributed by atoms with Gasteiger partial charge in [-0.05, 0) is 102 Å². The fraction of sp³-hybridized carbons (Fsp3) is 0.962. The minimum Gasteiger partial charge on any atom is -0.466 e. The molecule has 3 atom stereocenters. The average Bonchev–Trinajstić information content (AvgIpc) is 4.00. The smallest absolute Gasteiger partial charge is 0.305 e. The Labute approximate surface area is 367 Å². The van der Waals surface area contributed by atoms with Gasteiger partial charge in [0.05, 0.1) is 19.8 Å². The number of esters is 2. The van der Waals surface area contributed by atoms with Gasteiger partial charge in [0.2, 0.25) is 0 Å². The zero-order valence-electron chi connectivity index (χ0n) is 40.0. The fourth-order valence-corrected chi connectivity index (χ4v) is 8.96. The minimum absolute atomic E-state index is 0.0243. The van der Waals surface area contributed by atoms with E-state index in [9.17, 15) is 14.7 Å². The first-order valence-corrected chi connectivity index (χ1v) is 26.2. The van der Waals surface area contributed by atoms with Gasteiger partial charge in [-0.3, -0.25) is 9.59 Å². The zero-order valence-corrected chi connectivity index (χ0v) is 40.0. The summed E-state index contributed by atoms with van der Waals surface area (Å²) in [5.41, 5.74) is -0.0713. The lowest BCUT2D eigenvalue weighted by molar-refractivity contribution is -0.144. The predicted octanol–water partition coefficient (Wildman–Crippen LogP) is 14.5. The van der Waals surface area contributed by atoms with Gasteiger partial charge in [0, 0.05) is 26.0 Å². The molecule has 59 heavy (non-hydrogen) atoms. The van der Waals surface area contributed by atoms with Crippen LogP contribution in [0.2, 0.25) is 0 Å². The normalized spacial score (nSPS) is 16.1. The van der Waals surface area contributed by atoms with Gasteiger partial charge in [0.1, 0.15) is 5.60 Å². The second-order valence-electron chi connectivity index (χ2n) is 18.8. The van der Waals surface area contributed by atoms with Crippen molar-refractivity contribution in [1.29, 1.82) is 0 Å². The molecule has 0 radical (unpaired) electrons. The van der Waals surface area contributed by atoms with Crippen LogP contribution in [-0.2, 0) is 23.8 Å². The van der Waals surface area contributed by atoms with E-state index in [1.165, 1.54) is 141 Å². The number of hydrogen-bond donors (Lipinski definition) is 1. The van der Waals surface area contributed by atoms with Crippen molar-refractivity contribution in [3.8, 4) is 0 Å². The van der Waals surface area contributed by atoms with E-state index < -0.39 is 0 Å². The van der Waals surface area contributed by atoms with Crippen molar-refractivity contribution >= 4 is 11.9 Å². The number of rotatable bonds is 47. The van der Waals surface area contributed by atoms with Crippen LogP contribution in [0.15, 0.2) is 0 Å². The molecular formula is C52H101NO6. The summed E-state index contributed by atoms with van der Waals surface area (Å²) in [5, 5.41) is 9.29. The summed E-state index contributed by atoms with van der Waals surface area (Å²) in [6.07, 6.45) is 42.2. The van der Waals surface area contributed by atoms with E-state index in [1.54, 1.807) is 0 Å². The highest BCUT2D eigenvalue weighted by Crippen LogP contribution is 2.34. The van der Waals surface area contributed by atoms with Crippen LogP contribution >= 0.6 is 0 Å². The number of epoxide rings is 1. The van der Waals surface area contributed by atoms with Crippen molar-refractivity contribution in [3.05, 3.63) is 0 Å². The van der Waals surface area contributed by atoms with E-state index in [2.05, 4.69) is 32.6 Å². The summed E-state index contributed by atoms with van der Waals surface area (Å²) in [6.45, 7) is 14.3. The Morgan fingerprint density at radius 3 is 1.34 bits per heavy atom. The Morgan fingerprint density at radius 2 is 0.881 bits per heavy atom. The summed E-state index contributed by atoms with van der Waals surface area (Å²) in [4.78, 5) is 27.6. The van der Waals surface area contributed by atoms with Crippen LogP contribution in [0.5, 0.6) is 0 Å². The summed E-state index contributed by atoms with van der Waals surface area (Å²) >= 11 is 0. The standard InChI is InChI=1S/C52H101NO6/c1-5-9-13-15-22-34-48(32-20-11-7-3)36-30-44-57-50(55)38-24-17-18-27-41-53(42-28-19-29-43-54)46-52(47-59-52)40-26-25-39-51(56)58-45-31-37-49(33-21-12-8-4)35-23-16-14-10-6-2/h48-49,54H,5-47H2,1-4H3. The number of unbranched alkanes of at least 4 members (excludes halogenated alkanes) is 18. The van der Waals surface area contributed by atoms with Crippen molar-refractivity contribution in [1.82, 2.24) is 4.90 Å². The Bertz CT molecular complexity index is 925. The number of carbonyl (C=O) groups is 2. The number of ether oxygens (including phenoxy) is 3. The van der Waals surface area contributed by atoms with Gasteiger partial charge in [0.15, 0.2) is 0 Å².